The third-order valence-electron chi connectivity index (χ3n) is 4.06. The van der Waals surface area contributed by atoms with E-state index in [2.05, 4.69) is 22.0 Å². The van der Waals surface area contributed by atoms with Gasteiger partial charge in [0.05, 0.1) is 17.8 Å². The number of aryl methyl sites for hydroxylation is 1. The molecule has 126 valence electrons. The van der Waals surface area contributed by atoms with Gasteiger partial charge in [-0.25, -0.2) is 4.98 Å². The predicted molar refractivity (Wildman–Crippen MR) is 97.7 cm³/mol. The molecule has 0 radical (unpaired) electrons. The van der Waals surface area contributed by atoms with Gasteiger partial charge in [0, 0.05) is 43.3 Å². The maximum atomic E-state index is 12.3. The van der Waals surface area contributed by atoms with E-state index in [9.17, 15) is 4.79 Å². The molecule has 1 aliphatic rings. The number of nitrogens with zero attached hydrogens (tertiary/aromatic N) is 3. The summed E-state index contributed by atoms with van der Waals surface area (Å²) < 4.78 is 5.19. The van der Waals surface area contributed by atoms with Gasteiger partial charge in [0.15, 0.2) is 0 Å². The first kappa shape index (κ1) is 16.5. The fraction of sp³-hybridized carbons (Fsp3) is 0.333. The van der Waals surface area contributed by atoms with Gasteiger partial charge in [-0.15, -0.1) is 11.3 Å². The SMILES string of the molecule is COc1ccc(N2CCN(C(=O)/C=C/c3csc(C)n3)CC2)cc1. The number of aromatic nitrogens is 1. The van der Waals surface area contributed by atoms with Crippen LogP contribution in [0, 0.1) is 6.92 Å². The molecule has 3 rings (SSSR count). The van der Waals surface area contributed by atoms with Gasteiger partial charge in [-0.05, 0) is 37.3 Å². The number of benzene rings is 1. The summed E-state index contributed by atoms with van der Waals surface area (Å²) in [4.78, 5) is 20.8. The molecule has 1 aliphatic heterocycles. The van der Waals surface area contributed by atoms with Crippen LogP contribution in [0.1, 0.15) is 10.7 Å². The molecule has 0 aliphatic carbocycles. The average Bonchev–Trinajstić information content (AvgIpc) is 3.05. The van der Waals surface area contributed by atoms with Crippen molar-refractivity contribution in [3.05, 3.63) is 46.4 Å². The van der Waals surface area contributed by atoms with Gasteiger partial charge in [0.25, 0.3) is 0 Å². The lowest BCUT2D eigenvalue weighted by Gasteiger charge is -2.35. The Kier molecular flexibility index (Phi) is 5.15. The highest BCUT2D eigenvalue weighted by Crippen LogP contribution is 2.20. The van der Waals surface area contributed by atoms with E-state index in [4.69, 9.17) is 4.74 Å². The monoisotopic (exact) mass is 343 g/mol. The number of carbonyl (C=O) groups excluding carboxylic acids is 1. The lowest BCUT2D eigenvalue weighted by Crippen LogP contribution is -2.48. The van der Waals surface area contributed by atoms with Crippen molar-refractivity contribution < 1.29 is 9.53 Å². The van der Waals surface area contributed by atoms with E-state index in [0.29, 0.717) is 0 Å². The Morgan fingerprint density at radius 3 is 2.50 bits per heavy atom. The second-order valence-electron chi connectivity index (χ2n) is 5.64. The summed E-state index contributed by atoms with van der Waals surface area (Å²) in [5.74, 6) is 0.907. The van der Waals surface area contributed by atoms with Gasteiger partial charge in [-0.2, -0.15) is 0 Å². The van der Waals surface area contributed by atoms with Crippen LogP contribution in [0.3, 0.4) is 0 Å². The molecule has 24 heavy (non-hydrogen) atoms. The molecule has 5 nitrogen and oxygen atoms in total. The van der Waals surface area contributed by atoms with Crippen molar-refractivity contribution in [2.24, 2.45) is 0 Å². The molecule has 2 aromatic rings. The van der Waals surface area contributed by atoms with Gasteiger partial charge in [0.1, 0.15) is 5.75 Å². The zero-order chi connectivity index (χ0) is 16.9. The Morgan fingerprint density at radius 1 is 1.21 bits per heavy atom. The van der Waals surface area contributed by atoms with Crippen LogP contribution >= 0.6 is 11.3 Å². The van der Waals surface area contributed by atoms with Gasteiger partial charge >= 0.3 is 0 Å². The van der Waals surface area contributed by atoms with E-state index < -0.39 is 0 Å². The summed E-state index contributed by atoms with van der Waals surface area (Å²) in [6, 6.07) is 8.04. The Balaban J connectivity index is 1.54. The third kappa shape index (κ3) is 3.94. The summed E-state index contributed by atoms with van der Waals surface area (Å²) in [6.07, 6.45) is 3.42. The molecule has 0 unspecified atom stereocenters. The number of amides is 1. The second-order valence-corrected chi connectivity index (χ2v) is 6.70. The molecule has 1 aromatic heterocycles. The van der Waals surface area contributed by atoms with Crippen LogP contribution < -0.4 is 9.64 Å². The minimum atomic E-state index is 0.0510. The lowest BCUT2D eigenvalue weighted by atomic mass is 10.2. The van der Waals surface area contributed by atoms with Crippen LogP contribution in [0.15, 0.2) is 35.7 Å². The Bertz CT molecular complexity index is 716. The van der Waals surface area contributed by atoms with Crippen LogP contribution in [0.4, 0.5) is 5.69 Å². The molecule has 2 heterocycles. The molecule has 1 saturated heterocycles. The van der Waals surface area contributed by atoms with E-state index >= 15 is 0 Å². The molecule has 1 amide bonds. The molecule has 0 bridgehead atoms. The number of ether oxygens (including phenoxy) is 1. The normalized spacial score (nSPS) is 15.1. The molecule has 1 aromatic carbocycles. The molecular weight excluding hydrogens is 322 g/mol. The van der Waals surface area contributed by atoms with E-state index in [1.807, 2.05) is 29.3 Å². The highest BCUT2D eigenvalue weighted by molar-refractivity contribution is 7.09. The summed E-state index contributed by atoms with van der Waals surface area (Å²) in [5.41, 5.74) is 2.01. The highest BCUT2D eigenvalue weighted by Gasteiger charge is 2.19. The van der Waals surface area contributed by atoms with Crippen molar-refractivity contribution in [2.75, 3.05) is 38.2 Å². The van der Waals surface area contributed by atoms with Gasteiger partial charge in [-0.3, -0.25) is 4.79 Å². The Morgan fingerprint density at radius 2 is 1.92 bits per heavy atom. The smallest absolute Gasteiger partial charge is 0.246 e. The second kappa shape index (κ2) is 7.49. The van der Waals surface area contributed by atoms with E-state index in [1.54, 1.807) is 30.6 Å². The van der Waals surface area contributed by atoms with E-state index in [-0.39, 0.29) is 5.91 Å². The first-order valence-electron chi connectivity index (χ1n) is 7.94. The molecular formula is C18H21N3O2S. The predicted octanol–water partition coefficient (Wildman–Crippen LogP) is 2.82. The van der Waals surface area contributed by atoms with Crippen molar-refractivity contribution in [3.63, 3.8) is 0 Å². The zero-order valence-electron chi connectivity index (χ0n) is 13.9. The van der Waals surface area contributed by atoms with Crippen LogP contribution in [-0.2, 0) is 4.79 Å². The summed E-state index contributed by atoms with van der Waals surface area (Å²) >= 11 is 1.59. The summed E-state index contributed by atoms with van der Waals surface area (Å²) in [5, 5.41) is 2.97. The topological polar surface area (TPSA) is 45.7 Å². The Labute approximate surface area is 146 Å². The minimum absolute atomic E-state index is 0.0510. The number of piperazine rings is 1. The fourth-order valence-corrected chi connectivity index (χ4v) is 3.28. The molecule has 1 fully saturated rings. The summed E-state index contributed by atoms with van der Waals surface area (Å²) in [6.45, 7) is 5.09. The van der Waals surface area contributed by atoms with Gasteiger partial charge < -0.3 is 14.5 Å². The highest BCUT2D eigenvalue weighted by atomic mass is 32.1. The quantitative estimate of drug-likeness (QED) is 0.801. The summed E-state index contributed by atoms with van der Waals surface area (Å²) in [7, 11) is 1.67. The first-order chi connectivity index (χ1) is 11.7. The maximum Gasteiger partial charge on any atom is 0.246 e. The standard InChI is InChI=1S/C18H21N3O2S/c1-14-19-15(13-24-14)3-8-18(22)21-11-9-20(10-12-21)16-4-6-17(23-2)7-5-16/h3-8,13H,9-12H2,1-2H3/b8-3+. The fourth-order valence-electron chi connectivity index (χ4n) is 2.70. The Hall–Kier alpha value is -2.34. The van der Waals surface area contributed by atoms with Crippen molar-refractivity contribution in [1.29, 1.82) is 0 Å². The van der Waals surface area contributed by atoms with Crippen LogP contribution in [0.5, 0.6) is 5.75 Å². The van der Waals surface area contributed by atoms with Crippen LogP contribution in [-0.4, -0.2) is 49.1 Å². The van der Waals surface area contributed by atoms with Crippen molar-refractivity contribution >= 4 is 29.0 Å². The third-order valence-corrected chi connectivity index (χ3v) is 4.85. The van der Waals surface area contributed by atoms with Crippen LogP contribution in [0.25, 0.3) is 6.08 Å². The molecule has 0 N–H and O–H groups in total. The molecule has 0 atom stereocenters. The largest absolute Gasteiger partial charge is 0.497 e. The zero-order valence-corrected chi connectivity index (χ0v) is 14.8. The lowest BCUT2D eigenvalue weighted by molar-refractivity contribution is -0.126. The number of carbonyl (C=O) groups is 1. The molecule has 6 heteroatoms. The molecule has 0 spiro atoms. The average molecular weight is 343 g/mol. The van der Waals surface area contributed by atoms with E-state index in [1.165, 1.54) is 0 Å². The van der Waals surface area contributed by atoms with Crippen LogP contribution in [0.2, 0.25) is 0 Å². The maximum absolute atomic E-state index is 12.3. The number of hydrogen-bond acceptors (Lipinski definition) is 5. The number of anilines is 1. The number of thiazole rings is 1. The first-order valence-corrected chi connectivity index (χ1v) is 8.82. The van der Waals surface area contributed by atoms with Crippen molar-refractivity contribution in [1.82, 2.24) is 9.88 Å². The van der Waals surface area contributed by atoms with Crippen molar-refractivity contribution in [3.8, 4) is 5.75 Å². The van der Waals surface area contributed by atoms with E-state index in [0.717, 1.165) is 48.3 Å². The minimum Gasteiger partial charge on any atom is -0.497 e. The number of methoxy groups -OCH3 is 1. The number of hydrogen-bond donors (Lipinski definition) is 0. The number of rotatable bonds is 4. The van der Waals surface area contributed by atoms with Gasteiger partial charge in [0.2, 0.25) is 5.91 Å². The molecule has 0 saturated carbocycles. The van der Waals surface area contributed by atoms with Gasteiger partial charge in [-0.1, -0.05) is 0 Å². The van der Waals surface area contributed by atoms with Crippen molar-refractivity contribution in [2.45, 2.75) is 6.92 Å².